The molecule has 0 aliphatic rings. The van der Waals surface area contributed by atoms with E-state index < -0.39 is 17.6 Å². The lowest BCUT2D eigenvalue weighted by Gasteiger charge is -2.19. The van der Waals surface area contributed by atoms with E-state index in [1.54, 1.807) is 60.7 Å². The molecule has 0 saturated carbocycles. The second-order valence-corrected chi connectivity index (χ2v) is 42.7. The van der Waals surface area contributed by atoms with Crippen LogP contribution in [-0.2, 0) is 105 Å². The lowest BCUT2D eigenvalue weighted by atomic mass is 9.86. The number of nitrogens with zero attached hydrogens (tertiary/aromatic N) is 1. The van der Waals surface area contributed by atoms with Gasteiger partial charge in [0, 0.05) is 102 Å². The standard InChI is InChI=1S/C23H25NO.C23H31NO.C22H24N2O2.C21H26N2O2.C20H24N2O2.C18H15F3N2O/c1-23(2,3)20-12-8-17(9-13-20)10-15-22(25)24-21-14-11-18-6-4-5-7-19(18)16-21;1-6-17(2)19-10-14-21(15-11-19)24-22(25)16-9-18-7-12-20(13-8-18)23(3,4)5;1-22(2,3)17-11-7-15(8-12-17)9-14-20(25)26-18-6-4-5-16-10-13-19(23)24-21(16)18;1-15(24)22-18-10-12-19(13-11-18)23-20(25)14-7-16-5-8-17(9-6-16)21(2,3)4;1-20(2,3)16-9-4-14(5-10-16)6-13-18(23)22-17-11-7-15(8-12-17)19(21)24;19-18(20,21)14-5-1-12(2-6-14)3-8-17(24)23-15-7-4-13-9-10-22-16(13)11-15/h4-9,11-14,16H,10,15H2,1-3H3,(H,24,25);7-8,10-15,17H,6,9,16H2,1-5H3,(H,24,25);4-8,10-13H,9,14H2,1-3H3,(H2,23,24);5-6,8-13H,7,14H2,1-4H3,(H,22,24)(H,23,25);4-5,7-12H,6,13H2,1-3H3,(H2,21,24)(H,22,23);1-2,4-7,9-11,22H,3,8H2,(H,23,24). The van der Waals surface area contributed by atoms with Crippen molar-refractivity contribution in [1.82, 2.24) is 9.97 Å². The second kappa shape index (κ2) is 53.7. The van der Waals surface area contributed by atoms with Crippen LogP contribution in [-0.4, -0.2) is 57.3 Å². The third-order valence-electron chi connectivity index (χ3n) is 25.3. The lowest BCUT2D eigenvalue weighted by molar-refractivity contribution is -0.137. The van der Waals surface area contributed by atoms with Gasteiger partial charge in [0.1, 0.15) is 11.3 Å². The Morgan fingerprint density at radius 1 is 0.336 bits per heavy atom. The van der Waals surface area contributed by atoms with Crippen molar-refractivity contribution in [2.45, 2.75) is 247 Å². The number of hydrogen-bond donors (Lipinski definition) is 9. The number of aryl methyl sites for hydroxylation is 6. The predicted octanol–water partition coefficient (Wildman–Crippen LogP) is 29.4. The van der Waals surface area contributed by atoms with Gasteiger partial charge < -0.3 is 53.1 Å². The van der Waals surface area contributed by atoms with Crippen molar-refractivity contribution < 1.29 is 56.3 Å². The summed E-state index contributed by atoms with van der Waals surface area (Å²) in [7, 11) is 0. The van der Waals surface area contributed by atoms with E-state index in [1.807, 2.05) is 91.1 Å². The zero-order valence-electron chi connectivity index (χ0n) is 89.3. The molecule has 11 N–H and O–H groups in total. The number of esters is 1. The Morgan fingerprint density at radius 3 is 1.00 bits per heavy atom. The highest BCUT2D eigenvalue weighted by molar-refractivity contribution is 5.98. The number of pyridine rings is 1. The monoisotopic (exact) mass is 2010 g/mol. The zero-order chi connectivity index (χ0) is 108. The Kier molecular flexibility index (Phi) is 41.6. The maximum atomic E-state index is 12.5. The van der Waals surface area contributed by atoms with Gasteiger partial charge in [-0.05, 0) is 282 Å². The van der Waals surface area contributed by atoms with Crippen LogP contribution in [0, 0.1) is 0 Å². The molecule has 15 rings (SSSR count). The van der Waals surface area contributed by atoms with E-state index in [0.717, 1.165) is 86.8 Å². The number of nitrogens with two attached hydrogens (primary N) is 2. The molecule has 0 aliphatic carbocycles. The van der Waals surface area contributed by atoms with Gasteiger partial charge >= 0.3 is 12.1 Å². The summed E-state index contributed by atoms with van der Waals surface area (Å²) in [6.45, 7) is 38.8. The number of amides is 7. The van der Waals surface area contributed by atoms with E-state index in [1.165, 1.54) is 69.0 Å². The fourth-order valence-corrected chi connectivity index (χ4v) is 15.8. The summed E-state index contributed by atoms with van der Waals surface area (Å²) < 4.78 is 43.0. The minimum Gasteiger partial charge on any atom is -0.424 e. The van der Waals surface area contributed by atoms with Gasteiger partial charge in [0.25, 0.3) is 0 Å². The maximum Gasteiger partial charge on any atom is 0.416 e. The zero-order valence-corrected chi connectivity index (χ0v) is 89.3. The molecule has 149 heavy (non-hydrogen) atoms. The SMILES string of the molecule is CC(=O)Nc1ccc(NC(=O)CCc2ccc(C(C)(C)C)cc2)cc1.CC(C)(C)c1ccc(CCC(=O)Nc2ccc(C(N)=O)cc2)cc1.CC(C)(C)c1ccc(CCC(=O)Nc2ccc3ccccc3c2)cc1.CC(C)(C)c1ccc(CCC(=O)Oc2cccc3ccc(N)nc23)cc1.CCC(C)c1ccc(NC(=O)CCc2ccc(C(C)(C)C)cc2)cc1.O=C(CCc1ccc(C(F)(F)F)cc1)Nc1ccc2cc[nH]c2c1. The summed E-state index contributed by atoms with van der Waals surface area (Å²) in [5.74, 6) is 0.396. The largest absolute Gasteiger partial charge is 0.424 e. The highest BCUT2D eigenvalue weighted by Gasteiger charge is 2.30. The highest BCUT2D eigenvalue weighted by Crippen LogP contribution is 2.34. The van der Waals surface area contributed by atoms with E-state index in [-0.39, 0.29) is 74.9 Å². The Balaban J connectivity index is 0.000000183. The number of aromatic amines is 1. The van der Waals surface area contributed by atoms with Crippen molar-refractivity contribution in [2.75, 3.05) is 37.6 Å². The number of nitrogens with one attached hydrogen (secondary N) is 7. The summed E-state index contributed by atoms with van der Waals surface area (Å²) in [6, 6.07) is 99.9. The van der Waals surface area contributed by atoms with E-state index >= 15 is 0 Å². The van der Waals surface area contributed by atoms with E-state index in [9.17, 15) is 51.5 Å². The number of ether oxygens (including phenoxy) is 1. The molecule has 1 unspecified atom stereocenters. The van der Waals surface area contributed by atoms with Crippen molar-refractivity contribution in [2.24, 2.45) is 5.73 Å². The molecule has 2 aromatic heterocycles. The fraction of sp³-hybridized carbons (Fsp3) is 0.299. The van der Waals surface area contributed by atoms with Crippen LogP contribution in [0.4, 0.5) is 53.1 Å². The molecule has 0 saturated heterocycles. The van der Waals surface area contributed by atoms with Gasteiger partial charge in [0.15, 0.2) is 5.75 Å². The molecule has 1 atom stereocenters. The molecule has 22 heteroatoms. The number of rotatable bonds is 28. The Bertz CT molecular complexity index is 6930. The second-order valence-electron chi connectivity index (χ2n) is 42.7. The first-order valence-corrected chi connectivity index (χ1v) is 50.9. The molecule has 0 spiro atoms. The molecular formula is C127H145F3N10O9. The van der Waals surface area contributed by atoms with Crippen LogP contribution in [0.2, 0.25) is 0 Å². The molecular weight excluding hydrogens is 1870 g/mol. The van der Waals surface area contributed by atoms with Crippen molar-refractivity contribution in [1.29, 1.82) is 0 Å². The molecule has 19 nitrogen and oxygen atoms in total. The first-order valence-electron chi connectivity index (χ1n) is 50.9. The molecule has 7 amide bonds. The van der Waals surface area contributed by atoms with Crippen LogP contribution < -0.4 is 48.1 Å². The van der Waals surface area contributed by atoms with Crippen molar-refractivity contribution in [3.63, 3.8) is 0 Å². The number of fused-ring (bicyclic) bond motifs is 3. The summed E-state index contributed by atoms with van der Waals surface area (Å²) in [5, 5.41) is 21.4. The Labute approximate surface area is 876 Å². The number of hydrogen-bond acceptors (Lipinski definition) is 11. The number of para-hydroxylation sites is 1. The first-order chi connectivity index (χ1) is 70.4. The number of alkyl halides is 3. The first kappa shape index (κ1) is 115. The third kappa shape index (κ3) is 39.0. The van der Waals surface area contributed by atoms with Gasteiger partial charge in [0.05, 0.1) is 5.56 Å². The lowest BCUT2D eigenvalue weighted by Crippen LogP contribution is -2.14. The van der Waals surface area contributed by atoms with Crippen molar-refractivity contribution in [3.8, 4) is 5.75 Å². The number of primary amides is 1. The fourth-order valence-electron chi connectivity index (χ4n) is 15.8. The third-order valence-corrected chi connectivity index (χ3v) is 25.3. The minimum atomic E-state index is -4.34. The summed E-state index contributed by atoms with van der Waals surface area (Å²) in [5.41, 5.74) is 31.8. The van der Waals surface area contributed by atoms with Crippen LogP contribution in [0.25, 0.3) is 32.6 Å². The van der Waals surface area contributed by atoms with Gasteiger partial charge in [-0.3, -0.25) is 38.4 Å². The Morgan fingerprint density at radius 2 is 0.644 bits per heavy atom. The molecule has 0 fully saturated rings. The number of halogens is 3. The number of aromatic nitrogens is 2. The molecule has 778 valence electrons. The molecule has 0 bridgehead atoms. The number of carbonyl (C=O) groups excluding carboxylic acids is 8. The van der Waals surface area contributed by atoms with Crippen LogP contribution in [0.3, 0.4) is 0 Å². The molecule has 0 aliphatic heterocycles. The number of anilines is 7. The van der Waals surface area contributed by atoms with Crippen molar-refractivity contribution >= 4 is 120 Å². The summed E-state index contributed by atoms with van der Waals surface area (Å²) in [4.78, 5) is 102. The van der Waals surface area contributed by atoms with E-state index in [0.29, 0.717) is 109 Å². The summed E-state index contributed by atoms with van der Waals surface area (Å²) >= 11 is 0. The topological polar surface area (TPSA) is 299 Å². The average molecular weight is 2010 g/mol. The molecule has 0 radical (unpaired) electrons. The van der Waals surface area contributed by atoms with Gasteiger partial charge in [-0.2, -0.15) is 13.2 Å². The minimum absolute atomic E-state index is 0.0211. The van der Waals surface area contributed by atoms with E-state index in [2.05, 4.69) is 305 Å². The quantitative estimate of drug-likeness (QED) is 0.0164. The van der Waals surface area contributed by atoms with Crippen LogP contribution in [0.5, 0.6) is 5.75 Å². The maximum absolute atomic E-state index is 12.5. The highest BCUT2D eigenvalue weighted by atomic mass is 19.4. The molecule has 13 aromatic carbocycles. The summed E-state index contributed by atoms with van der Waals surface area (Å²) in [6.07, 6.45) is 4.90. The van der Waals surface area contributed by atoms with Crippen LogP contribution in [0.1, 0.15) is 258 Å². The Hall–Kier alpha value is -15.6. The van der Waals surface area contributed by atoms with Gasteiger partial charge in [-0.15, -0.1) is 0 Å². The molecule has 15 aromatic rings. The van der Waals surface area contributed by atoms with Gasteiger partial charge in [-0.1, -0.05) is 312 Å². The van der Waals surface area contributed by atoms with Crippen LogP contribution >= 0.6 is 0 Å². The number of carbonyl (C=O) groups is 8. The van der Waals surface area contributed by atoms with Gasteiger partial charge in [0.2, 0.25) is 41.4 Å². The van der Waals surface area contributed by atoms with E-state index in [4.69, 9.17) is 16.2 Å². The number of benzene rings is 13. The smallest absolute Gasteiger partial charge is 0.416 e. The normalized spacial score (nSPS) is 11.6. The molecule has 2 heterocycles. The number of nitrogen functional groups attached to an aromatic ring is 1. The average Bonchev–Trinajstić information content (AvgIpc) is 1.25. The van der Waals surface area contributed by atoms with Crippen molar-refractivity contribution in [3.05, 3.63) is 400 Å². The predicted molar refractivity (Wildman–Crippen MR) is 605 cm³/mol. The van der Waals surface area contributed by atoms with Gasteiger partial charge in [-0.25, -0.2) is 4.98 Å². The number of H-pyrrole nitrogens is 1. The van der Waals surface area contributed by atoms with Crippen LogP contribution in [0.15, 0.2) is 322 Å².